The molecular weight excluding hydrogens is 178 g/mol. The van der Waals surface area contributed by atoms with Crippen LogP contribution in [0.1, 0.15) is 0 Å². The van der Waals surface area contributed by atoms with Gasteiger partial charge in [-0.05, 0) is 24.3 Å². The first-order valence-electron chi connectivity index (χ1n) is 2.58. The van der Waals surface area contributed by atoms with Gasteiger partial charge in [-0.2, -0.15) is 0 Å². The zero-order valence-corrected chi connectivity index (χ0v) is 5.85. The van der Waals surface area contributed by atoms with Crippen molar-refractivity contribution in [1.29, 1.82) is 0 Å². The number of hydrogen-bond acceptors (Lipinski definition) is 2. The van der Waals surface area contributed by atoms with Crippen LogP contribution in [0.3, 0.4) is 0 Å². The van der Waals surface area contributed by atoms with Gasteiger partial charge in [0, 0.05) is 0 Å². The Labute approximate surface area is 89.7 Å². The molecule has 0 amide bonds. The molecule has 0 unspecified atom stereocenters. The Morgan fingerprint density at radius 2 is 1.82 bits per heavy atom. The SMILES string of the molecule is O=[SH]Oc1ccc(F)cc1.[NaH]. The standard InChI is InChI=1S/C6H5FO2S.Na.H/c7-5-1-3-6(4-2-5)9-10-8;;/h1-4,10H;;. The first-order chi connectivity index (χ1) is 4.83. The van der Waals surface area contributed by atoms with Crippen LogP contribution < -0.4 is 4.18 Å². The molecule has 2 nitrogen and oxygen atoms in total. The fraction of sp³-hybridized carbons (Fsp3) is 0. The summed E-state index contributed by atoms with van der Waals surface area (Å²) in [7, 11) is 0. The van der Waals surface area contributed by atoms with E-state index in [2.05, 4.69) is 4.18 Å². The van der Waals surface area contributed by atoms with Crippen molar-refractivity contribution in [1.82, 2.24) is 0 Å². The number of rotatable bonds is 2. The summed E-state index contributed by atoms with van der Waals surface area (Å²) in [5.41, 5.74) is 0. The summed E-state index contributed by atoms with van der Waals surface area (Å²) in [6, 6.07) is 5.28. The van der Waals surface area contributed by atoms with Crippen molar-refractivity contribution in [3.05, 3.63) is 30.1 Å². The summed E-state index contributed by atoms with van der Waals surface area (Å²) >= 11 is -0.426. The van der Waals surface area contributed by atoms with E-state index < -0.39 is 11.9 Å². The monoisotopic (exact) mass is 184 g/mol. The summed E-state index contributed by atoms with van der Waals surface area (Å²) in [5.74, 6) is 0.0491. The number of hydrogen-bond donors (Lipinski definition) is 1. The van der Waals surface area contributed by atoms with Gasteiger partial charge in [0.2, 0.25) is 0 Å². The fourth-order valence-corrected chi connectivity index (χ4v) is 0.746. The van der Waals surface area contributed by atoms with E-state index in [9.17, 15) is 8.60 Å². The van der Waals surface area contributed by atoms with Gasteiger partial charge in [-0.25, -0.2) is 8.60 Å². The quantitative estimate of drug-likeness (QED) is 0.532. The Bertz CT molecular complexity index is 227. The second kappa shape index (κ2) is 5.71. The molecule has 0 aliphatic heterocycles. The van der Waals surface area contributed by atoms with E-state index in [4.69, 9.17) is 0 Å². The normalized spacial score (nSPS) is 8.45. The van der Waals surface area contributed by atoms with Crippen LogP contribution in [0.4, 0.5) is 4.39 Å². The second-order valence-corrected chi connectivity index (χ2v) is 1.95. The molecule has 0 fully saturated rings. The van der Waals surface area contributed by atoms with Crippen molar-refractivity contribution in [3.63, 3.8) is 0 Å². The van der Waals surface area contributed by atoms with Crippen LogP contribution >= 0.6 is 0 Å². The zero-order chi connectivity index (χ0) is 7.40. The molecule has 0 saturated carbocycles. The summed E-state index contributed by atoms with van der Waals surface area (Å²) in [6.45, 7) is 0. The summed E-state index contributed by atoms with van der Waals surface area (Å²) < 4.78 is 26.5. The second-order valence-electron chi connectivity index (χ2n) is 1.62. The molecule has 0 aliphatic carbocycles. The van der Waals surface area contributed by atoms with E-state index in [0.29, 0.717) is 5.75 Å². The molecule has 0 aromatic heterocycles. The molecule has 1 aromatic rings. The van der Waals surface area contributed by atoms with E-state index in [1.54, 1.807) is 0 Å². The van der Waals surface area contributed by atoms with Gasteiger partial charge in [-0.1, -0.05) is 0 Å². The molecule has 0 aliphatic rings. The molecular formula is C6H6FNaO2S. The Balaban J connectivity index is 0.000001000. The average molecular weight is 184 g/mol. The molecule has 0 saturated heterocycles. The van der Waals surface area contributed by atoms with Gasteiger partial charge in [-0.15, -0.1) is 0 Å². The van der Waals surface area contributed by atoms with E-state index >= 15 is 0 Å². The molecule has 0 atom stereocenters. The molecule has 0 bridgehead atoms. The maximum absolute atomic E-state index is 12.2. The Morgan fingerprint density at radius 1 is 1.27 bits per heavy atom. The molecule has 0 radical (unpaired) electrons. The predicted octanol–water partition coefficient (Wildman–Crippen LogP) is 0.416. The van der Waals surface area contributed by atoms with Crippen molar-refractivity contribution in [2.24, 2.45) is 0 Å². The van der Waals surface area contributed by atoms with Crippen molar-refractivity contribution < 1.29 is 12.8 Å². The van der Waals surface area contributed by atoms with Gasteiger partial charge in [0.1, 0.15) is 11.6 Å². The van der Waals surface area contributed by atoms with E-state index in [-0.39, 0.29) is 35.4 Å². The van der Waals surface area contributed by atoms with Crippen molar-refractivity contribution in [2.75, 3.05) is 0 Å². The first kappa shape index (κ1) is 11.1. The van der Waals surface area contributed by atoms with Crippen LogP contribution in [0.15, 0.2) is 24.3 Å². The molecule has 1 aromatic carbocycles. The van der Waals surface area contributed by atoms with Gasteiger partial charge in [0.05, 0.1) is 0 Å². The van der Waals surface area contributed by atoms with Crippen LogP contribution in [-0.2, 0) is 11.9 Å². The third kappa shape index (κ3) is 3.86. The Hall–Kier alpha value is 0.1000. The van der Waals surface area contributed by atoms with Gasteiger partial charge in [-0.3, -0.25) is 0 Å². The maximum atomic E-state index is 12.2. The van der Waals surface area contributed by atoms with E-state index in [0.717, 1.165) is 0 Å². The molecule has 11 heavy (non-hydrogen) atoms. The van der Waals surface area contributed by atoms with Crippen LogP contribution in [0.2, 0.25) is 0 Å². The minimum absolute atomic E-state index is 0. The van der Waals surface area contributed by atoms with Gasteiger partial charge in [0.15, 0.2) is 11.9 Å². The topological polar surface area (TPSA) is 26.3 Å². The van der Waals surface area contributed by atoms with E-state index in [1.165, 1.54) is 24.3 Å². The van der Waals surface area contributed by atoms with Gasteiger partial charge >= 0.3 is 29.6 Å². The number of benzene rings is 1. The van der Waals surface area contributed by atoms with Gasteiger partial charge in [0.25, 0.3) is 0 Å². The Kier molecular flexibility index (Phi) is 5.76. The molecule has 0 heterocycles. The molecule has 56 valence electrons. The van der Waals surface area contributed by atoms with E-state index in [1.807, 2.05) is 0 Å². The average Bonchev–Trinajstić information content (AvgIpc) is 1.95. The molecule has 0 spiro atoms. The molecule has 0 N–H and O–H groups in total. The molecule has 5 heteroatoms. The first-order valence-corrected chi connectivity index (χ1v) is 3.31. The van der Waals surface area contributed by atoms with Crippen molar-refractivity contribution in [3.8, 4) is 5.75 Å². The minimum atomic E-state index is -0.426. The van der Waals surface area contributed by atoms with Gasteiger partial charge < -0.3 is 4.18 Å². The van der Waals surface area contributed by atoms with Crippen LogP contribution in [0.5, 0.6) is 5.75 Å². The summed E-state index contributed by atoms with van der Waals surface area (Å²) in [4.78, 5) is 0. The fourth-order valence-electron chi connectivity index (χ4n) is 0.538. The molecule has 1 rings (SSSR count). The summed E-state index contributed by atoms with van der Waals surface area (Å²) in [5, 5.41) is 0. The number of thiol groups is 1. The van der Waals surface area contributed by atoms with Crippen LogP contribution in [0.25, 0.3) is 0 Å². The summed E-state index contributed by atoms with van der Waals surface area (Å²) in [6.07, 6.45) is 0. The third-order valence-corrected chi connectivity index (χ3v) is 1.24. The van der Waals surface area contributed by atoms with Crippen molar-refractivity contribution in [2.45, 2.75) is 0 Å². The number of halogens is 1. The van der Waals surface area contributed by atoms with Crippen molar-refractivity contribution >= 4 is 41.5 Å². The zero-order valence-electron chi connectivity index (χ0n) is 4.95. The third-order valence-electron chi connectivity index (χ3n) is 0.956. The Morgan fingerprint density at radius 3 is 2.27 bits per heavy atom. The predicted molar refractivity (Wildman–Crippen MR) is 43.7 cm³/mol. The van der Waals surface area contributed by atoms with Crippen LogP contribution in [-0.4, -0.2) is 33.8 Å². The van der Waals surface area contributed by atoms with Crippen LogP contribution in [0, 0.1) is 5.82 Å².